The molecule has 0 saturated carbocycles. The smallest absolute Gasteiger partial charge is 0.304 e. The van der Waals surface area contributed by atoms with Crippen molar-refractivity contribution in [3.05, 3.63) is 34.3 Å². The third-order valence-corrected chi connectivity index (χ3v) is 5.78. The zero-order chi connectivity index (χ0) is 16.8. The number of nitrogens with one attached hydrogen (secondary N) is 1. The number of alkyl halides is 4. The van der Waals surface area contributed by atoms with Crippen LogP contribution in [0.4, 0.5) is 13.2 Å². The number of amidine groups is 1. The van der Waals surface area contributed by atoms with Crippen LogP contribution in [0.5, 0.6) is 0 Å². The molecule has 0 spiro atoms. The summed E-state index contributed by atoms with van der Waals surface area (Å²) in [6, 6.07) is 7.30. The van der Waals surface area contributed by atoms with Crippen LogP contribution in [-0.2, 0) is 8.34 Å². The molecule has 1 amide bonds. The van der Waals surface area contributed by atoms with Gasteiger partial charge in [0, 0.05) is 4.47 Å². The van der Waals surface area contributed by atoms with Crippen LogP contribution in [0.2, 0.25) is 0 Å². The lowest BCUT2D eigenvalue weighted by Gasteiger charge is -2.22. The van der Waals surface area contributed by atoms with Gasteiger partial charge in [0.1, 0.15) is 3.55 Å². The van der Waals surface area contributed by atoms with Crippen LogP contribution < -0.4 is 5.32 Å². The molecule has 0 aromatic heterocycles. The number of hydrogen-bond donors (Lipinski definition) is 1. The fourth-order valence-corrected chi connectivity index (χ4v) is 3.78. The predicted octanol–water partition coefficient (Wildman–Crippen LogP) is 4.60. The summed E-state index contributed by atoms with van der Waals surface area (Å²) in [5.74, 6) is -1.09. The Morgan fingerprint density at radius 2 is 1.86 bits per heavy atom. The van der Waals surface area contributed by atoms with Crippen molar-refractivity contribution in [1.29, 1.82) is 0 Å². The molecular formula is C13H11BrF3IN2OS. The Kier molecular flexibility index (Phi) is 4.90. The Hall–Kier alpha value is -0.290. The molecule has 1 aliphatic rings. The van der Waals surface area contributed by atoms with Crippen molar-refractivity contribution in [2.24, 2.45) is 4.99 Å². The minimum absolute atomic E-state index is 0.0235. The first-order valence-corrected chi connectivity index (χ1v) is 8.76. The number of aliphatic imine (C=N–C) groups is 1. The summed E-state index contributed by atoms with van der Waals surface area (Å²) in [7, 11) is 0. The van der Waals surface area contributed by atoms with E-state index in [4.69, 9.17) is 0 Å². The third kappa shape index (κ3) is 3.45. The average Bonchev–Trinajstić information content (AvgIpc) is 2.64. The highest BCUT2D eigenvalue weighted by Crippen LogP contribution is 2.46. The summed E-state index contributed by atoms with van der Waals surface area (Å²) in [5.41, 5.74) is 0.819. The molecule has 1 heterocycles. The van der Waals surface area contributed by atoms with E-state index in [0.717, 1.165) is 17.0 Å². The minimum Gasteiger partial charge on any atom is -0.304 e. The number of amides is 1. The van der Waals surface area contributed by atoms with E-state index in [9.17, 15) is 18.0 Å². The lowest BCUT2D eigenvalue weighted by molar-refractivity contribution is -0.166. The SMILES string of the molecule is CC1(C(F)(F)F)SC(=N[C@@](C)(I)c2ccc(Br)cc2)NC1=O. The maximum Gasteiger partial charge on any atom is 0.412 e. The normalized spacial score (nSPS) is 26.9. The molecule has 1 aliphatic heterocycles. The molecule has 3 nitrogen and oxygen atoms in total. The number of nitrogens with zero attached hydrogens (tertiary/aromatic N) is 1. The first-order valence-electron chi connectivity index (χ1n) is 6.08. The second-order valence-electron chi connectivity index (χ2n) is 4.96. The first-order chi connectivity index (χ1) is 9.96. The van der Waals surface area contributed by atoms with E-state index in [1.54, 1.807) is 6.92 Å². The van der Waals surface area contributed by atoms with Gasteiger partial charge >= 0.3 is 6.18 Å². The molecule has 1 unspecified atom stereocenters. The summed E-state index contributed by atoms with van der Waals surface area (Å²) in [6.07, 6.45) is -4.64. The number of benzene rings is 1. The van der Waals surface area contributed by atoms with E-state index in [1.807, 2.05) is 46.9 Å². The Bertz CT molecular complexity index is 633. The van der Waals surface area contributed by atoms with Crippen molar-refractivity contribution >= 4 is 61.4 Å². The molecule has 0 radical (unpaired) electrons. The van der Waals surface area contributed by atoms with Gasteiger partial charge in [0.15, 0.2) is 9.91 Å². The van der Waals surface area contributed by atoms with Crippen molar-refractivity contribution in [3.63, 3.8) is 0 Å². The van der Waals surface area contributed by atoms with Crippen molar-refractivity contribution in [2.75, 3.05) is 0 Å². The Labute approximate surface area is 151 Å². The van der Waals surface area contributed by atoms with Crippen LogP contribution in [0.1, 0.15) is 19.4 Å². The summed E-state index contributed by atoms with van der Waals surface area (Å²) in [5, 5.41) is 2.20. The highest BCUT2D eigenvalue weighted by atomic mass is 127. The van der Waals surface area contributed by atoms with Crippen LogP contribution in [0, 0.1) is 0 Å². The molecule has 1 aromatic carbocycles. The Balaban J connectivity index is 2.31. The zero-order valence-electron chi connectivity index (χ0n) is 11.5. The monoisotopic (exact) mass is 506 g/mol. The lowest BCUT2D eigenvalue weighted by atomic mass is 10.1. The van der Waals surface area contributed by atoms with Crippen LogP contribution in [0.15, 0.2) is 33.7 Å². The largest absolute Gasteiger partial charge is 0.412 e. The molecule has 22 heavy (non-hydrogen) atoms. The van der Waals surface area contributed by atoms with Crippen LogP contribution in [0.25, 0.3) is 0 Å². The van der Waals surface area contributed by atoms with Crippen LogP contribution >= 0.6 is 50.3 Å². The number of hydrogen-bond acceptors (Lipinski definition) is 3. The molecule has 1 saturated heterocycles. The molecule has 120 valence electrons. The van der Waals surface area contributed by atoms with E-state index < -0.39 is 20.4 Å². The van der Waals surface area contributed by atoms with E-state index in [0.29, 0.717) is 11.8 Å². The van der Waals surface area contributed by atoms with Gasteiger partial charge in [-0.3, -0.25) is 4.79 Å². The van der Waals surface area contributed by atoms with Gasteiger partial charge in [-0.2, -0.15) is 13.2 Å². The van der Waals surface area contributed by atoms with Gasteiger partial charge < -0.3 is 5.32 Å². The number of carbonyl (C=O) groups is 1. The second kappa shape index (κ2) is 5.97. The molecule has 1 fully saturated rings. The van der Waals surface area contributed by atoms with Gasteiger partial charge in [0.2, 0.25) is 0 Å². The molecule has 2 rings (SSSR count). The number of carbonyl (C=O) groups excluding carboxylic acids is 1. The molecule has 1 aromatic rings. The maximum absolute atomic E-state index is 13.0. The quantitative estimate of drug-likeness (QED) is 0.362. The van der Waals surface area contributed by atoms with Gasteiger partial charge in [0.05, 0.1) is 0 Å². The number of thioether (sulfide) groups is 1. The fraction of sp³-hybridized carbons (Fsp3) is 0.385. The van der Waals surface area contributed by atoms with Crippen LogP contribution in [0.3, 0.4) is 0 Å². The van der Waals surface area contributed by atoms with Gasteiger partial charge in [-0.1, -0.05) is 39.8 Å². The summed E-state index contributed by atoms with van der Waals surface area (Å²) in [6.45, 7) is 2.62. The third-order valence-electron chi connectivity index (χ3n) is 3.18. The summed E-state index contributed by atoms with van der Waals surface area (Å²) < 4.78 is 36.7. The molecule has 0 bridgehead atoms. The number of rotatable bonds is 2. The Morgan fingerprint density at radius 3 is 2.32 bits per heavy atom. The topological polar surface area (TPSA) is 41.5 Å². The maximum atomic E-state index is 13.0. The second-order valence-corrected chi connectivity index (χ2v) is 9.39. The van der Waals surface area contributed by atoms with Crippen molar-refractivity contribution in [1.82, 2.24) is 5.32 Å². The minimum atomic E-state index is -4.64. The first kappa shape index (κ1) is 18.1. The molecule has 2 atom stereocenters. The standard InChI is InChI=1S/C13H11BrF3IN2OS/c1-11(13(15,16)17)9(21)19-10(22-11)20-12(2,18)7-3-5-8(14)6-4-7/h3-6H,1-2H3,(H,19,20,21)/t11?,12-/m1/s1. The Morgan fingerprint density at radius 1 is 1.32 bits per heavy atom. The van der Waals surface area contributed by atoms with E-state index >= 15 is 0 Å². The van der Waals surface area contributed by atoms with Crippen molar-refractivity contribution in [2.45, 2.75) is 28.3 Å². The molecule has 9 heteroatoms. The van der Waals surface area contributed by atoms with Gasteiger partial charge in [-0.25, -0.2) is 4.99 Å². The zero-order valence-corrected chi connectivity index (χ0v) is 16.0. The molecular weight excluding hydrogens is 496 g/mol. The van der Waals surface area contributed by atoms with E-state index in [1.165, 1.54) is 0 Å². The van der Waals surface area contributed by atoms with Crippen LogP contribution in [-0.4, -0.2) is 22.0 Å². The van der Waals surface area contributed by atoms with E-state index in [-0.39, 0.29) is 5.17 Å². The van der Waals surface area contributed by atoms with Gasteiger partial charge in [-0.15, -0.1) is 0 Å². The van der Waals surface area contributed by atoms with Crippen molar-refractivity contribution in [3.8, 4) is 0 Å². The van der Waals surface area contributed by atoms with Gasteiger partial charge in [0.25, 0.3) is 5.91 Å². The summed E-state index contributed by atoms with van der Waals surface area (Å²) >= 11 is 5.76. The molecule has 1 N–H and O–H groups in total. The molecule has 0 aliphatic carbocycles. The lowest BCUT2D eigenvalue weighted by Crippen LogP contribution is -2.46. The van der Waals surface area contributed by atoms with E-state index in [2.05, 4.69) is 26.2 Å². The number of halogens is 5. The van der Waals surface area contributed by atoms with Gasteiger partial charge in [-0.05, 0) is 54.1 Å². The summed E-state index contributed by atoms with van der Waals surface area (Å²) in [4.78, 5) is 16.0. The van der Waals surface area contributed by atoms with Crippen molar-refractivity contribution < 1.29 is 18.0 Å². The highest BCUT2D eigenvalue weighted by molar-refractivity contribution is 14.1. The predicted molar refractivity (Wildman–Crippen MR) is 93.1 cm³/mol. The highest BCUT2D eigenvalue weighted by Gasteiger charge is 2.62. The fourth-order valence-electron chi connectivity index (χ4n) is 1.73. The average molecular weight is 507 g/mol.